The van der Waals surface area contributed by atoms with Crippen LogP contribution in [0.5, 0.6) is 0 Å². The van der Waals surface area contributed by atoms with Crippen molar-refractivity contribution in [1.29, 1.82) is 5.26 Å². The minimum atomic E-state index is -3.30. The van der Waals surface area contributed by atoms with E-state index in [0.717, 1.165) is 27.9 Å². The van der Waals surface area contributed by atoms with Gasteiger partial charge in [-0.15, -0.1) is 0 Å². The molecule has 0 saturated heterocycles. The van der Waals surface area contributed by atoms with Crippen molar-refractivity contribution in [3.8, 4) is 27.8 Å². The number of benzene rings is 3. The van der Waals surface area contributed by atoms with E-state index in [1.165, 1.54) is 23.5 Å². The van der Waals surface area contributed by atoms with Crippen molar-refractivity contribution in [1.82, 2.24) is 4.98 Å². The van der Waals surface area contributed by atoms with E-state index >= 15 is 0 Å². The van der Waals surface area contributed by atoms with E-state index in [0.29, 0.717) is 16.4 Å². The fraction of sp³-hybridized carbons (Fsp3) is 0.0435. The molecule has 0 fully saturated rings. The average Bonchev–Trinajstić information content (AvgIpc) is 3.18. The topological polar surface area (TPSA) is 82.9 Å². The van der Waals surface area contributed by atoms with Gasteiger partial charge >= 0.3 is 0 Å². The molecule has 1 N–H and O–H groups in total. The van der Waals surface area contributed by atoms with Crippen LogP contribution in [0.3, 0.4) is 0 Å². The third kappa shape index (κ3) is 4.63. The van der Waals surface area contributed by atoms with Gasteiger partial charge < -0.3 is 5.32 Å². The predicted molar refractivity (Wildman–Crippen MR) is 120 cm³/mol. The molecule has 0 saturated carbocycles. The maximum absolute atomic E-state index is 13.4. The Morgan fingerprint density at radius 1 is 0.935 bits per heavy atom. The second-order valence-corrected chi connectivity index (χ2v) is 9.83. The molecule has 0 aliphatic heterocycles. The second kappa shape index (κ2) is 8.30. The number of aromatic nitrogens is 1. The lowest BCUT2D eigenvalue weighted by atomic mass is 10.1. The number of rotatable bonds is 5. The van der Waals surface area contributed by atoms with Crippen LogP contribution in [0.2, 0.25) is 0 Å². The van der Waals surface area contributed by atoms with Gasteiger partial charge in [-0.1, -0.05) is 23.5 Å². The molecule has 0 bridgehead atoms. The summed E-state index contributed by atoms with van der Waals surface area (Å²) in [6, 6.07) is 21.7. The number of halogens is 1. The molecule has 4 aromatic rings. The Labute approximate surface area is 183 Å². The maximum atomic E-state index is 13.4. The molecule has 4 rings (SSSR count). The number of anilines is 2. The Morgan fingerprint density at radius 3 is 2.13 bits per heavy atom. The van der Waals surface area contributed by atoms with Gasteiger partial charge in [-0.3, -0.25) is 0 Å². The first-order chi connectivity index (χ1) is 14.8. The molecule has 8 heteroatoms. The zero-order chi connectivity index (χ0) is 22.0. The molecule has 1 heterocycles. The number of hydrogen-bond acceptors (Lipinski definition) is 6. The molecule has 0 unspecified atom stereocenters. The standard InChI is InChI=1S/C23H16FN3O2S2/c1-31(28,29)20-12-6-17(7-13-20)22-21(16-4-8-18(24)9-5-16)27-23(30-22)26-19-10-2-15(14-25)3-11-19/h2-13H,1H3,(H,26,27). The average molecular weight is 450 g/mol. The van der Waals surface area contributed by atoms with Crippen LogP contribution < -0.4 is 5.32 Å². The van der Waals surface area contributed by atoms with Crippen molar-refractivity contribution in [2.45, 2.75) is 4.90 Å². The van der Waals surface area contributed by atoms with Crippen LogP contribution in [-0.4, -0.2) is 19.7 Å². The number of thiazole rings is 1. The monoisotopic (exact) mass is 449 g/mol. The molecule has 3 aromatic carbocycles. The molecule has 0 aliphatic carbocycles. The summed E-state index contributed by atoms with van der Waals surface area (Å²) in [7, 11) is -3.30. The zero-order valence-electron chi connectivity index (χ0n) is 16.3. The van der Waals surface area contributed by atoms with Crippen LogP contribution in [-0.2, 0) is 9.84 Å². The fourth-order valence-electron chi connectivity index (χ4n) is 2.98. The van der Waals surface area contributed by atoms with Crippen molar-refractivity contribution >= 4 is 32.0 Å². The SMILES string of the molecule is CS(=O)(=O)c1ccc(-c2sc(Nc3ccc(C#N)cc3)nc2-c2ccc(F)cc2)cc1. The van der Waals surface area contributed by atoms with Gasteiger partial charge in [0.15, 0.2) is 15.0 Å². The van der Waals surface area contributed by atoms with E-state index in [-0.39, 0.29) is 10.7 Å². The van der Waals surface area contributed by atoms with Crippen molar-refractivity contribution < 1.29 is 12.8 Å². The summed E-state index contributed by atoms with van der Waals surface area (Å²) in [5, 5.41) is 12.8. The predicted octanol–water partition coefficient (Wildman–Crippen LogP) is 5.63. The quantitative estimate of drug-likeness (QED) is 0.427. The van der Waals surface area contributed by atoms with Gasteiger partial charge in [0.1, 0.15) is 5.82 Å². The lowest BCUT2D eigenvalue weighted by Crippen LogP contribution is -1.96. The van der Waals surface area contributed by atoms with E-state index in [1.54, 1.807) is 60.7 Å². The maximum Gasteiger partial charge on any atom is 0.188 e. The highest BCUT2D eigenvalue weighted by molar-refractivity contribution is 7.90. The van der Waals surface area contributed by atoms with Crippen molar-refractivity contribution in [3.05, 3.63) is 84.2 Å². The molecule has 0 radical (unpaired) electrons. The molecule has 0 amide bonds. The summed E-state index contributed by atoms with van der Waals surface area (Å²) in [6.45, 7) is 0. The van der Waals surface area contributed by atoms with Crippen LogP contribution in [0.4, 0.5) is 15.2 Å². The Kier molecular flexibility index (Phi) is 5.55. The van der Waals surface area contributed by atoms with Gasteiger partial charge in [-0.25, -0.2) is 17.8 Å². The molecule has 154 valence electrons. The number of nitriles is 1. The van der Waals surface area contributed by atoms with Crippen molar-refractivity contribution in [2.75, 3.05) is 11.6 Å². The molecular formula is C23H16FN3O2S2. The zero-order valence-corrected chi connectivity index (χ0v) is 18.0. The number of sulfone groups is 1. The molecule has 0 atom stereocenters. The smallest absolute Gasteiger partial charge is 0.188 e. The summed E-state index contributed by atoms with van der Waals surface area (Å²) >= 11 is 1.40. The second-order valence-electron chi connectivity index (χ2n) is 6.81. The highest BCUT2D eigenvalue weighted by atomic mass is 32.2. The van der Waals surface area contributed by atoms with Crippen molar-refractivity contribution in [3.63, 3.8) is 0 Å². The summed E-state index contributed by atoms with van der Waals surface area (Å²) in [4.78, 5) is 5.76. The van der Waals surface area contributed by atoms with E-state index in [4.69, 9.17) is 10.2 Å². The minimum absolute atomic E-state index is 0.236. The fourth-order valence-corrected chi connectivity index (χ4v) is 4.62. The minimum Gasteiger partial charge on any atom is -0.332 e. The Morgan fingerprint density at radius 2 is 1.55 bits per heavy atom. The summed E-state index contributed by atoms with van der Waals surface area (Å²) in [5.41, 5.74) is 3.54. The van der Waals surface area contributed by atoms with E-state index in [2.05, 4.69) is 11.4 Å². The van der Waals surface area contributed by atoms with Crippen LogP contribution in [0.25, 0.3) is 21.7 Å². The van der Waals surface area contributed by atoms with Crippen LogP contribution in [0.15, 0.2) is 77.7 Å². The number of nitrogens with zero attached hydrogens (tertiary/aromatic N) is 2. The molecule has 1 aromatic heterocycles. The molecule has 5 nitrogen and oxygen atoms in total. The summed E-state index contributed by atoms with van der Waals surface area (Å²) < 4.78 is 37.0. The lowest BCUT2D eigenvalue weighted by Gasteiger charge is -2.04. The summed E-state index contributed by atoms with van der Waals surface area (Å²) in [5.74, 6) is -0.339. The Hall–Kier alpha value is -3.54. The largest absolute Gasteiger partial charge is 0.332 e. The van der Waals surface area contributed by atoms with E-state index in [1.807, 2.05) is 0 Å². The first kappa shape index (κ1) is 20.7. The molecular weight excluding hydrogens is 433 g/mol. The number of nitrogens with one attached hydrogen (secondary N) is 1. The van der Waals surface area contributed by atoms with Gasteiger partial charge in [0.05, 0.1) is 27.1 Å². The first-order valence-electron chi connectivity index (χ1n) is 9.18. The van der Waals surface area contributed by atoms with Crippen molar-refractivity contribution in [2.24, 2.45) is 0 Å². The third-order valence-corrected chi connectivity index (χ3v) is 6.70. The summed E-state index contributed by atoms with van der Waals surface area (Å²) in [6.07, 6.45) is 1.16. The van der Waals surface area contributed by atoms with Gasteiger partial charge in [0.25, 0.3) is 0 Å². The highest BCUT2D eigenvalue weighted by Gasteiger charge is 2.16. The van der Waals surface area contributed by atoms with Crippen LogP contribution in [0, 0.1) is 17.1 Å². The Balaban J connectivity index is 1.76. The highest BCUT2D eigenvalue weighted by Crippen LogP contribution is 2.40. The number of hydrogen-bond donors (Lipinski definition) is 1. The Bertz CT molecular complexity index is 1370. The van der Waals surface area contributed by atoms with Gasteiger partial charge in [-0.05, 0) is 66.2 Å². The third-order valence-electron chi connectivity index (χ3n) is 4.55. The van der Waals surface area contributed by atoms with E-state index in [9.17, 15) is 12.8 Å². The van der Waals surface area contributed by atoms with Crippen LogP contribution in [0.1, 0.15) is 5.56 Å². The van der Waals surface area contributed by atoms with Crippen LogP contribution >= 0.6 is 11.3 Å². The van der Waals surface area contributed by atoms with Gasteiger partial charge in [0.2, 0.25) is 0 Å². The van der Waals surface area contributed by atoms with Gasteiger partial charge in [0, 0.05) is 17.5 Å². The molecule has 31 heavy (non-hydrogen) atoms. The van der Waals surface area contributed by atoms with E-state index < -0.39 is 9.84 Å². The normalized spacial score (nSPS) is 11.1. The molecule has 0 spiro atoms. The van der Waals surface area contributed by atoms with Gasteiger partial charge in [-0.2, -0.15) is 5.26 Å². The lowest BCUT2D eigenvalue weighted by molar-refractivity contribution is 0.602. The molecule has 0 aliphatic rings. The first-order valence-corrected chi connectivity index (χ1v) is 11.9.